The lowest BCUT2D eigenvalue weighted by Crippen LogP contribution is -2.23. The van der Waals surface area contributed by atoms with Gasteiger partial charge < -0.3 is 9.47 Å². The molecular weight excluding hydrogens is 264 g/mol. The van der Waals surface area contributed by atoms with Gasteiger partial charge in [-0.05, 0) is 12.5 Å². The second-order valence-corrected chi connectivity index (χ2v) is 5.80. The molecule has 1 heterocycles. The summed E-state index contributed by atoms with van der Waals surface area (Å²) < 4.78 is 11.2. The number of ether oxygens (including phenoxy) is 2. The predicted octanol–water partition coefficient (Wildman–Crippen LogP) is 4.12. The summed E-state index contributed by atoms with van der Waals surface area (Å²) in [5.74, 6) is 1.26. The maximum Gasteiger partial charge on any atom is 0.170 e. The number of halogens is 1. The van der Waals surface area contributed by atoms with Gasteiger partial charge in [0.2, 0.25) is 0 Å². The third kappa shape index (κ3) is 2.86. The number of ketones is 1. The Morgan fingerprint density at radius 2 is 1.84 bits per heavy atom. The van der Waals surface area contributed by atoms with Gasteiger partial charge in [-0.25, -0.2) is 0 Å². The van der Waals surface area contributed by atoms with Crippen molar-refractivity contribution in [3.63, 3.8) is 0 Å². The summed E-state index contributed by atoms with van der Waals surface area (Å²) in [4.78, 5) is 12.5. The summed E-state index contributed by atoms with van der Waals surface area (Å²) in [6.07, 6.45) is 1.59. The molecule has 0 amide bonds. The standard InChI is InChI=1S/C15H19ClO3/c1-4-15(2,3)14(17)10-8-12-13(9-11(10)16)19-7-5-6-18-12/h8-9H,4-7H2,1-3H3. The minimum absolute atomic E-state index is 0.0376. The smallest absolute Gasteiger partial charge is 0.170 e. The van der Waals surface area contributed by atoms with Gasteiger partial charge in [-0.15, -0.1) is 0 Å². The minimum Gasteiger partial charge on any atom is -0.490 e. The zero-order valence-electron chi connectivity index (χ0n) is 11.6. The lowest BCUT2D eigenvalue weighted by atomic mass is 9.82. The van der Waals surface area contributed by atoms with E-state index in [-0.39, 0.29) is 5.78 Å². The van der Waals surface area contributed by atoms with Crippen molar-refractivity contribution in [2.24, 2.45) is 5.41 Å². The average molecular weight is 283 g/mol. The third-order valence-corrected chi connectivity index (χ3v) is 3.89. The summed E-state index contributed by atoms with van der Waals surface area (Å²) in [6.45, 7) is 7.05. The minimum atomic E-state index is -0.427. The van der Waals surface area contributed by atoms with Crippen LogP contribution in [0.3, 0.4) is 0 Å². The van der Waals surface area contributed by atoms with Crippen LogP contribution in [0, 0.1) is 5.41 Å². The van der Waals surface area contributed by atoms with E-state index in [1.807, 2.05) is 20.8 Å². The highest BCUT2D eigenvalue weighted by Gasteiger charge is 2.29. The predicted molar refractivity (Wildman–Crippen MR) is 75.5 cm³/mol. The molecule has 0 aromatic heterocycles. The van der Waals surface area contributed by atoms with Crippen molar-refractivity contribution in [3.8, 4) is 11.5 Å². The summed E-state index contributed by atoms with van der Waals surface area (Å²) in [7, 11) is 0. The largest absolute Gasteiger partial charge is 0.490 e. The molecule has 0 spiro atoms. The molecule has 3 nitrogen and oxygen atoms in total. The van der Waals surface area contributed by atoms with Crippen LogP contribution in [0.15, 0.2) is 12.1 Å². The first-order chi connectivity index (χ1) is 8.95. The van der Waals surface area contributed by atoms with E-state index >= 15 is 0 Å². The van der Waals surface area contributed by atoms with Gasteiger partial charge in [-0.1, -0.05) is 32.4 Å². The third-order valence-electron chi connectivity index (χ3n) is 3.58. The van der Waals surface area contributed by atoms with Gasteiger partial charge in [0.05, 0.1) is 18.2 Å². The molecule has 19 heavy (non-hydrogen) atoms. The van der Waals surface area contributed by atoms with Crippen molar-refractivity contribution in [3.05, 3.63) is 22.7 Å². The van der Waals surface area contributed by atoms with Crippen molar-refractivity contribution in [1.29, 1.82) is 0 Å². The topological polar surface area (TPSA) is 35.5 Å². The fraction of sp³-hybridized carbons (Fsp3) is 0.533. The fourth-order valence-corrected chi connectivity index (χ4v) is 2.12. The Hall–Kier alpha value is -1.22. The molecular formula is C15H19ClO3. The first kappa shape index (κ1) is 14.2. The van der Waals surface area contributed by atoms with Crippen LogP contribution < -0.4 is 9.47 Å². The Balaban J connectivity index is 2.42. The molecule has 1 aromatic rings. The van der Waals surface area contributed by atoms with Crippen molar-refractivity contribution < 1.29 is 14.3 Å². The van der Waals surface area contributed by atoms with E-state index in [4.69, 9.17) is 21.1 Å². The lowest BCUT2D eigenvalue weighted by Gasteiger charge is -2.22. The first-order valence-electron chi connectivity index (χ1n) is 6.59. The number of Topliss-reactive ketones (excluding diaryl/α,β-unsaturated/α-hetero) is 1. The van der Waals surface area contributed by atoms with Crippen LogP contribution >= 0.6 is 11.6 Å². The average Bonchev–Trinajstić information content (AvgIpc) is 2.61. The van der Waals surface area contributed by atoms with Crippen molar-refractivity contribution in [2.45, 2.75) is 33.6 Å². The molecule has 0 saturated carbocycles. The van der Waals surface area contributed by atoms with Crippen LogP contribution in [0.25, 0.3) is 0 Å². The van der Waals surface area contributed by atoms with E-state index < -0.39 is 5.41 Å². The van der Waals surface area contributed by atoms with E-state index in [0.29, 0.717) is 35.3 Å². The van der Waals surface area contributed by atoms with Gasteiger partial charge in [0.15, 0.2) is 17.3 Å². The quantitative estimate of drug-likeness (QED) is 0.782. The molecule has 0 fully saturated rings. The van der Waals surface area contributed by atoms with Crippen molar-refractivity contribution in [1.82, 2.24) is 0 Å². The number of rotatable bonds is 3. The Morgan fingerprint density at radius 3 is 2.42 bits per heavy atom. The molecule has 2 rings (SSSR count). The Morgan fingerprint density at radius 1 is 1.26 bits per heavy atom. The molecule has 0 radical (unpaired) electrons. The van der Waals surface area contributed by atoms with Crippen LogP contribution in [-0.4, -0.2) is 19.0 Å². The number of benzene rings is 1. The van der Waals surface area contributed by atoms with Crippen LogP contribution in [0.1, 0.15) is 44.0 Å². The normalized spacial score (nSPS) is 14.9. The van der Waals surface area contributed by atoms with Crippen molar-refractivity contribution in [2.75, 3.05) is 13.2 Å². The monoisotopic (exact) mass is 282 g/mol. The van der Waals surface area contributed by atoms with Crippen LogP contribution in [0.4, 0.5) is 0 Å². The summed E-state index contributed by atoms with van der Waals surface area (Å²) >= 11 is 6.22. The number of carbonyl (C=O) groups is 1. The van der Waals surface area contributed by atoms with Gasteiger partial charge in [0, 0.05) is 23.5 Å². The van der Waals surface area contributed by atoms with E-state index in [0.717, 1.165) is 12.8 Å². The molecule has 0 unspecified atom stereocenters. The van der Waals surface area contributed by atoms with Crippen LogP contribution in [-0.2, 0) is 0 Å². The molecule has 104 valence electrons. The summed E-state index contributed by atoms with van der Waals surface area (Å²) in [5.41, 5.74) is 0.0847. The second kappa shape index (κ2) is 5.41. The maximum atomic E-state index is 12.5. The van der Waals surface area contributed by atoms with Crippen molar-refractivity contribution >= 4 is 17.4 Å². The molecule has 0 saturated heterocycles. The zero-order valence-corrected chi connectivity index (χ0v) is 12.3. The van der Waals surface area contributed by atoms with Gasteiger partial charge in [0.1, 0.15) is 0 Å². The Labute approximate surface area is 118 Å². The molecule has 0 aliphatic carbocycles. The first-order valence-corrected chi connectivity index (χ1v) is 6.97. The molecule has 0 atom stereocenters. The fourth-order valence-electron chi connectivity index (χ4n) is 1.88. The molecule has 1 aliphatic heterocycles. The van der Waals surface area contributed by atoms with E-state index in [1.54, 1.807) is 12.1 Å². The van der Waals surface area contributed by atoms with Gasteiger partial charge in [0.25, 0.3) is 0 Å². The van der Waals surface area contributed by atoms with E-state index in [2.05, 4.69) is 0 Å². The highest BCUT2D eigenvalue weighted by molar-refractivity contribution is 6.34. The molecule has 0 bridgehead atoms. The Kier molecular flexibility index (Phi) is 4.04. The number of fused-ring (bicyclic) bond motifs is 1. The zero-order chi connectivity index (χ0) is 14.0. The molecule has 4 heteroatoms. The van der Waals surface area contributed by atoms with E-state index in [1.165, 1.54) is 0 Å². The Bertz CT molecular complexity index is 494. The number of hydrogen-bond acceptors (Lipinski definition) is 3. The summed E-state index contributed by atoms with van der Waals surface area (Å²) in [6, 6.07) is 3.39. The van der Waals surface area contributed by atoms with Crippen LogP contribution in [0.5, 0.6) is 11.5 Å². The second-order valence-electron chi connectivity index (χ2n) is 5.40. The lowest BCUT2D eigenvalue weighted by molar-refractivity contribution is 0.0832. The number of carbonyl (C=O) groups excluding carboxylic acids is 1. The van der Waals surface area contributed by atoms with E-state index in [9.17, 15) is 4.79 Å². The maximum absolute atomic E-state index is 12.5. The molecule has 0 N–H and O–H groups in total. The van der Waals surface area contributed by atoms with Gasteiger partial charge in [-0.2, -0.15) is 0 Å². The molecule has 1 aromatic carbocycles. The molecule has 1 aliphatic rings. The summed E-state index contributed by atoms with van der Waals surface area (Å²) in [5, 5.41) is 0.427. The van der Waals surface area contributed by atoms with Crippen LogP contribution in [0.2, 0.25) is 5.02 Å². The highest BCUT2D eigenvalue weighted by atomic mass is 35.5. The van der Waals surface area contributed by atoms with Gasteiger partial charge >= 0.3 is 0 Å². The SMILES string of the molecule is CCC(C)(C)C(=O)c1cc2c(cc1Cl)OCCCO2. The number of hydrogen-bond donors (Lipinski definition) is 0. The van der Waals surface area contributed by atoms with Gasteiger partial charge in [-0.3, -0.25) is 4.79 Å². The highest BCUT2D eigenvalue weighted by Crippen LogP contribution is 2.38.